The van der Waals surface area contributed by atoms with Crippen LogP contribution in [0, 0.1) is 45.3 Å². The molecule has 0 amide bonds. The van der Waals surface area contributed by atoms with Gasteiger partial charge in [0.15, 0.2) is 0 Å². The number of esters is 1. The van der Waals surface area contributed by atoms with Gasteiger partial charge in [-0.15, -0.1) is 0 Å². The average Bonchev–Trinajstić information content (AvgIpc) is 2.99. The second-order valence-corrected chi connectivity index (χ2v) is 14.9. The van der Waals surface area contributed by atoms with E-state index in [1.165, 1.54) is 44.1 Å². The van der Waals surface area contributed by atoms with E-state index in [1.54, 1.807) is 12.5 Å². The molecule has 2 saturated carbocycles. The van der Waals surface area contributed by atoms with Crippen molar-refractivity contribution in [1.82, 2.24) is 0 Å². The topological polar surface area (TPSA) is 46.5 Å². The third-order valence-electron chi connectivity index (χ3n) is 11.9. The number of carbonyl (C=O) groups is 1. The van der Waals surface area contributed by atoms with Crippen LogP contribution in [0.25, 0.3) is 0 Å². The summed E-state index contributed by atoms with van der Waals surface area (Å²) in [5, 5.41) is 11.0. The van der Waals surface area contributed by atoms with Gasteiger partial charge in [-0.1, -0.05) is 80.2 Å². The van der Waals surface area contributed by atoms with Gasteiger partial charge in [0.2, 0.25) is 0 Å². The van der Waals surface area contributed by atoms with Gasteiger partial charge in [0, 0.05) is 6.92 Å². The maximum Gasteiger partial charge on any atom is 0.303 e. The molecule has 0 unspecified atom stereocenters. The Morgan fingerprint density at radius 1 is 1.06 bits per heavy atom. The molecule has 0 aromatic carbocycles. The highest BCUT2D eigenvalue weighted by Gasteiger charge is 2.65. The fraction of sp³-hybridized carbons (Fsp3) is 0.906. The maximum atomic E-state index is 12.4. The maximum absolute atomic E-state index is 12.4. The van der Waals surface area contributed by atoms with Gasteiger partial charge in [0.1, 0.15) is 6.10 Å². The summed E-state index contributed by atoms with van der Waals surface area (Å²) in [7, 11) is 0. The van der Waals surface area contributed by atoms with Crippen LogP contribution in [0.5, 0.6) is 0 Å². The van der Waals surface area contributed by atoms with Crippen LogP contribution in [0.15, 0.2) is 11.1 Å². The Morgan fingerprint density at radius 2 is 1.74 bits per heavy atom. The number of fused-ring (bicyclic) bond motifs is 4. The fourth-order valence-corrected chi connectivity index (χ4v) is 10.2. The fourth-order valence-electron chi connectivity index (χ4n) is 10.2. The minimum atomic E-state index is -0.247. The summed E-state index contributed by atoms with van der Waals surface area (Å²) in [4.78, 5) is 12.4. The van der Waals surface area contributed by atoms with Crippen LogP contribution in [0.4, 0.5) is 0 Å². The van der Waals surface area contributed by atoms with Crippen molar-refractivity contribution in [2.45, 2.75) is 139 Å². The molecule has 4 aliphatic carbocycles. The number of hydrogen-bond donors (Lipinski definition) is 1. The number of rotatable bonds is 6. The van der Waals surface area contributed by atoms with Crippen molar-refractivity contribution in [3.63, 3.8) is 0 Å². The van der Waals surface area contributed by atoms with E-state index >= 15 is 0 Å². The lowest BCUT2D eigenvalue weighted by Gasteiger charge is -2.63. The molecule has 200 valence electrons. The monoisotopic (exact) mass is 486 g/mol. The van der Waals surface area contributed by atoms with Gasteiger partial charge in [-0.3, -0.25) is 4.79 Å². The average molecular weight is 487 g/mol. The van der Waals surface area contributed by atoms with E-state index in [2.05, 4.69) is 55.4 Å². The molecule has 4 rings (SSSR count). The Hall–Kier alpha value is -0.830. The van der Waals surface area contributed by atoms with E-state index in [4.69, 9.17) is 4.74 Å². The summed E-state index contributed by atoms with van der Waals surface area (Å²) >= 11 is 0. The van der Waals surface area contributed by atoms with E-state index in [0.29, 0.717) is 5.92 Å². The Bertz CT molecular complexity index is 855. The van der Waals surface area contributed by atoms with Gasteiger partial charge in [-0.2, -0.15) is 0 Å². The molecule has 0 spiro atoms. The molecule has 2 fully saturated rings. The lowest BCUT2D eigenvalue weighted by Crippen LogP contribution is -2.57. The molecular weight excluding hydrogens is 432 g/mol. The van der Waals surface area contributed by atoms with Crippen LogP contribution in [-0.4, -0.2) is 23.3 Å². The molecule has 0 heterocycles. The zero-order valence-corrected chi connectivity index (χ0v) is 24.3. The summed E-state index contributed by atoms with van der Waals surface area (Å²) in [6.07, 6.45) is 11.1. The molecule has 8 atom stereocenters. The smallest absolute Gasteiger partial charge is 0.303 e. The van der Waals surface area contributed by atoms with E-state index in [0.717, 1.165) is 43.4 Å². The molecule has 0 aromatic heterocycles. The Labute approximate surface area is 215 Å². The predicted molar refractivity (Wildman–Crippen MR) is 144 cm³/mol. The van der Waals surface area contributed by atoms with Crippen molar-refractivity contribution in [2.24, 2.45) is 45.3 Å². The zero-order valence-electron chi connectivity index (χ0n) is 24.3. The molecule has 35 heavy (non-hydrogen) atoms. The Morgan fingerprint density at radius 3 is 2.37 bits per heavy atom. The lowest BCUT2D eigenvalue weighted by molar-refractivity contribution is -0.153. The van der Waals surface area contributed by atoms with Gasteiger partial charge >= 0.3 is 5.97 Å². The minimum absolute atomic E-state index is 0.00153. The number of carbonyl (C=O) groups excluding carboxylic acids is 1. The van der Waals surface area contributed by atoms with Crippen LogP contribution in [-0.2, 0) is 9.53 Å². The summed E-state index contributed by atoms with van der Waals surface area (Å²) in [6.45, 7) is 21.0. The molecule has 4 aliphatic rings. The minimum Gasteiger partial charge on any atom is -0.458 e. The number of ether oxygens (including phenoxy) is 1. The summed E-state index contributed by atoms with van der Waals surface area (Å²) in [5.74, 6) is 2.53. The lowest BCUT2D eigenvalue weighted by atomic mass is 9.43. The van der Waals surface area contributed by atoms with Crippen molar-refractivity contribution in [2.75, 3.05) is 0 Å². The molecule has 0 aliphatic heterocycles. The standard InChI is InChI=1S/C32H54O3/c1-20(2)11-10-12-21(3)24-13-16-32(9)28-25(14-15-31(24,32)8)30(7)19-23(34)18-29(5,6)27(30)17-26(28)35-22(4)33/h20-21,23-24,26-27,34H,10-19H2,1-9H3/t21-,23-,24-,26+,27+,30-,31-,32+/m1/s1. The van der Waals surface area contributed by atoms with Crippen molar-refractivity contribution in [3.8, 4) is 0 Å². The largest absolute Gasteiger partial charge is 0.458 e. The quantitative estimate of drug-likeness (QED) is 0.305. The first-order valence-electron chi connectivity index (χ1n) is 14.7. The molecule has 0 radical (unpaired) electrons. The van der Waals surface area contributed by atoms with Crippen LogP contribution >= 0.6 is 0 Å². The van der Waals surface area contributed by atoms with Crippen molar-refractivity contribution >= 4 is 5.97 Å². The highest BCUT2D eigenvalue weighted by Crippen LogP contribution is 2.72. The van der Waals surface area contributed by atoms with Gasteiger partial charge in [0.05, 0.1) is 6.10 Å². The SMILES string of the molecule is CC(=O)O[C@H]1C[C@H]2C(C)(C)C[C@@H](O)C[C@]2(C)C2=C1[C@]1(C)CC[C@H]([C@H](C)CCCC(C)C)[C@@]1(C)CC2. The van der Waals surface area contributed by atoms with Gasteiger partial charge < -0.3 is 9.84 Å². The van der Waals surface area contributed by atoms with E-state index in [-0.39, 0.29) is 39.8 Å². The normalized spacial score (nSPS) is 43.4. The molecule has 3 nitrogen and oxygen atoms in total. The van der Waals surface area contributed by atoms with Crippen LogP contribution in [0.1, 0.15) is 127 Å². The summed E-state index contributed by atoms with van der Waals surface area (Å²) in [6, 6.07) is 0. The van der Waals surface area contributed by atoms with E-state index in [9.17, 15) is 9.90 Å². The number of allylic oxidation sites excluding steroid dienone is 1. The zero-order chi connectivity index (χ0) is 26.0. The van der Waals surface area contributed by atoms with Crippen molar-refractivity contribution < 1.29 is 14.6 Å². The van der Waals surface area contributed by atoms with Crippen molar-refractivity contribution in [1.29, 1.82) is 0 Å². The highest BCUT2D eigenvalue weighted by molar-refractivity contribution is 5.67. The summed E-state index contributed by atoms with van der Waals surface area (Å²) in [5.41, 5.74) is 3.38. The Kier molecular flexibility index (Phi) is 7.13. The molecule has 0 bridgehead atoms. The molecular formula is C32H54O3. The third kappa shape index (κ3) is 4.34. The molecule has 3 heteroatoms. The first-order valence-corrected chi connectivity index (χ1v) is 14.7. The van der Waals surface area contributed by atoms with Crippen LogP contribution in [0.3, 0.4) is 0 Å². The van der Waals surface area contributed by atoms with E-state index in [1.807, 2.05) is 0 Å². The van der Waals surface area contributed by atoms with Crippen molar-refractivity contribution in [3.05, 3.63) is 11.1 Å². The first kappa shape index (κ1) is 27.2. The second-order valence-electron chi connectivity index (χ2n) is 14.9. The second kappa shape index (κ2) is 9.17. The van der Waals surface area contributed by atoms with Gasteiger partial charge in [0.25, 0.3) is 0 Å². The number of aliphatic hydroxyl groups is 1. The van der Waals surface area contributed by atoms with Crippen LogP contribution < -0.4 is 0 Å². The Balaban J connectivity index is 1.75. The number of hydrogen-bond acceptors (Lipinski definition) is 3. The summed E-state index contributed by atoms with van der Waals surface area (Å²) < 4.78 is 6.22. The molecule has 1 N–H and O–H groups in total. The number of aliphatic hydroxyl groups excluding tert-OH is 1. The van der Waals surface area contributed by atoms with Gasteiger partial charge in [-0.25, -0.2) is 0 Å². The molecule has 0 saturated heterocycles. The first-order chi connectivity index (χ1) is 16.2. The van der Waals surface area contributed by atoms with Gasteiger partial charge in [-0.05, 0) is 95.9 Å². The third-order valence-corrected chi connectivity index (χ3v) is 11.9. The van der Waals surface area contributed by atoms with Crippen LogP contribution in [0.2, 0.25) is 0 Å². The van der Waals surface area contributed by atoms with E-state index < -0.39 is 0 Å². The molecule has 0 aromatic rings. The predicted octanol–water partition coefficient (Wildman–Crippen LogP) is 8.10. The highest BCUT2D eigenvalue weighted by atomic mass is 16.5.